The number of thiazole rings is 1. The smallest absolute Gasteiger partial charge is 0.189 e. The van der Waals surface area contributed by atoms with Gasteiger partial charge < -0.3 is 10.2 Å². The molecule has 1 aromatic carbocycles. The summed E-state index contributed by atoms with van der Waals surface area (Å²) in [5.74, 6) is 0. The second-order valence-electron chi connectivity index (χ2n) is 4.91. The minimum atomic E-state index is 0.306. The summed E-state index contributed by atoms with van der Waals surface area (Å²) < 4.78 is 0. The normalized spacial score (nSPS) is 12.4. The standard InChI is InChI=1S/C16H23N3S/c1-5-13-7-9-14(10-8-13)19(4)16-18-15(11-20-16)12(3)17-6-2/h7-12,17H,5-6H2,1-4H3. The highest BCUT2D eigenvalue weighted by Gasteiger charge is 2.12. The van der Waals surface area contributed by atoms with E-state index in [1.165, 1.54) is 11.3 Å². The molecule has 1 N–H and O–H groups in total. The van der Waals surface area contributed by atoms with Crippen LogP contribution in [0.4, 0.5) is 10.8 Å². The van der Waals surface area contributed by atoms with E-state index < -0.39 is 0 Å². The Kier molecular flexibility index (Phi) is 5.15. The number of rotatable bonds is 6. The highest BCUT2D eigenvalue weighted by atomic mass is 32.1. The fourth-order valence-corrected chi connectivity index (χ4v) is 3.01. The quantitative estimate of drug-likeness (QED) is 0.866. The van der Waals surface area contributed by atoms with Crippen LogP contribution in [0, 0.1) is 0 Å². The van der Waals surface area contributed by atoms with Gasteiger partial charge in [-0.15, -0.1) is 11.3 Å². The van der Waals surface area contributed by atoms with E-state index in [0.29, 0.717) is 6.04 Å². The minimum Gasteiger partial charge on any atom is -0.321 e. The first-order valence-corrected chi connectivity index (χ1v) is 8.05. The van der Waals surface area contributed by atoms with Crippen molar-refractivity contribution in [1.29, 1.82) is 0 Å². The molecule has 0 aliphatic heterocycles. The molecule has 0 aliphatic carbocycles. The lowest BCUT2D eigenvalue weighted by Gasteiger charge is -2.16. The summed E-state index contributed by atoms with van der Waals surface area (Å²) in [4.78, 5) is 6.87. The number of aromatic nitrogens is 1. The first kappa shape index (κ1) is 15.0. The van der Waals surface area contributed by atoms with Gasteiger partial charge in [-0.05, 0) is 37.6 Å². The number of hydrogen-bond acceptors (Lipinski definition) is 4. The van der Waals surface area contributed by atoms with E-state index in [2.05, 4.69) is 67.7 Å². The molecule has 1 atom stereocenters. The lowest BCUT2D eigenvalue weighted by atomic mass is 10.1. The van der Waals surface area contributed by atoms with Crippen LogP contribution in [0.5, 0.6) is 0 Å². The van der Waals surface area contributed by atoms with Crippen LogP contribution in [0.25, 0.3) is 0 Å². The maximum Gasteiger partial charge on any atom is 0.189 e. The molecule has 0 spiro atoms. The zero-order valence-corrected chi connectivity index (χ0v) is 13.5. The van der Waals surface area contributed by atoms with Crippen molar-refractivity contribution in [2.24, 2.45) is 0 Å². The van der Waals surface area contributed by atoms with Crippen molar-refractivity contribution < 1.29 is 0 Å². The molecule has 1 heterocycles. The number of nitrogens with one attached hydrogen (secondary N) is 1. The Morgan fingerprint density at radius 2 is 1.95 bits per heavy atom. The van der Waals surface area contributed by atoms with Crippen molar-refractivity contribution in [1.82, 2.24) is 10.3 Å². The summed E-state index contributed by atoms with van der Waals surface area (Å²) in [6, 6.07) is 8.99. The summed E-state index contributed by atoms with van der Waals surface area (Å²) in [6.07, 6.45) is 1.07. The molecule has 4 heteroatoms. The van der Waals surface area contributed by atoms with Gasteiger partial charge in [-0.25, -0.2) is 4.98 Å². The SMILES string of the molecule is CCNC(C)c1csc(N(C)c2ccc(CC)cc2)n1. The molecule has 20 heavy (non-hydrogen) atoms. The highest BCUT2D eigenvalue weighted by molar-refractivity contribution is 7.13. The van der Waals surface area contributed by atoms with Crippen LogP contribution in [0.1, 0.15) is 38.1 Å². The van der Waals surface area contributed by atoms with E-state index in [9.17, 15) is 0 Å². The summed E-state index contributed by atoms with van der Waals surface area (Å²) >= 11 is 1.69. The van der Waals surface area contributed by atoms with Gasteiger partial charge in [-0.2, -0.15) is 0 Å². The Morgan fingerprint density at radius 1 is 1.25 bits per heavy atom. The van der Waals surface area contributed by atoms with Gasteiger partial charge in [0.15, 0.2) is 5.13 Å². The molecule has 2 rings (SSSR count). The maximum atomic E-state index is 4.73. The highest BCUT2D eigenvalue weighted by Crippen LogP contribution is 2.29. The Hall–Kier alpha value is -1.39. The van der Waals surface area contributed by atoms with E-state index in [0.717, 1.165) is 23.8 Å². The van der Waals surface area contributed by atoms with Crippen molar-refractivity contribution in [2.75, 3.05) is 18.5 Å². The first-order valence-electron chi connectivity index (χ1n) is 7.17. The van der Waals surface area contributed by atoms with Crippen LogP contribution >= 0.6 is 11.3 Å². The average molecular weight is 289 g/mol. The number of anilines is 2. The summed E-state index contributed by atoms with van der Waals surface area (Å²) in [6.45, 7) is 7.40. The van der Waals surface area contributed by atoms with Crippen LogP contribution in [-0.4, -0.2) is 18.6 Å². The van der Waals surface area contributed by atoms with E-state index in [1.807, 2.05) is 0 Å². The topological polar surface area (TPSA) is 28.2 Å². The van der Waals surface area contributed by atoms with Gasteiger partial charge >= 0.3 is 0 Å². The van der Waals surface area contributed by atoms with Crippen LogP contribution in [-0.2, 0) is 6.42 Å². The molecular formula is C16H23N3S. The number of hydrogen-bond donors (Lipinski definition) is 1. The molecular weight excluding hydrogens is 266 g/mol. The van der Waals surface area contributed by atoms with Gasteiger partial charge in [0, 0.05) is 24.2 Å². The van der Waals surface area contributed by atoms with Crippen molar-refractivity contribution in [3.8, 4) is 0 Å². The van der Waals surface area contributed by atoms with Gasteiger partial charge in [-0.1, -0.05) is 26.0 Å². The predicted molar refractivity (Wildman–Crippen MR) is 88.1 cm³/mol. The molecule has 108 valence electrons. The second-order valence-corrected chi connectivity index (χ2v) is 5.75. The monoisotopic (exact) mass is 289 g/mol. The molecule has 0 aliphatic rings. The van der Waals surface area contributed by atoms with Gasteiger partial charge in [0.05, 0.1) is 5.69 Å². The van der Waals surface area contributed by atoms with Crippen LogP contribution < -0.4 is 10.2 Å². The fraction of sp³-hybridized carbons (Fsp3) is 0.438. The van der Waals surface area contributed by atoms with Gasteiger partial charge in [-0.3, -0.25) is 0 Å². The van der Waals surface area contributed by atoms with Crippen molar-refractivity contribution in [3.05, 3.63) is 40.9 Å². The Morgan fingerprint density at radius 3 is 2.55 bits per heavy atom. The average Bonchev–Trinajstić information content (AvgIpc) is 2.97. The summed E-state index contributed by atoms with van der Waals surface area (Å²) in [5, 5.41) is 6.57. The van der Waals surface area contributed by atoms with E-state index in [4.69, 9.17) is 4.98 Å². The van der Waals surface area contributed by atoms with Crippen LogP contribution in [0.2, 0.25) is 0 Å². The number of aryl methyl sites for hydroxylation is 1. The van der Waals surface area contributed by atoms with Crippen LogP contribution in [0.3, 0.4) is 0 Å². The Balaban J connectivity index is 2.13. The third-order valence-electron chi connectivity index (χ3n) is 3.48. The van der Waals surface area contributed by atoms with E-state index in [-0.39, 0.29) is 0 Å². The molecule has 0 fully saturated rings. The lowest BCUT2D eigenvalue weighted by Crippen LogP contribution is -2.18. The van der Waals surface area contributed by atoms with Crippen molar-refractivity contribution in [3.63, 3.8) is 0 Å². The second kappa shape index (κ2) is 6.86. The fourth-order valence-electron chi connectivity index (χ4n) is 2.11. The molecule has 0 bridgehead atoms. The Labute approximate surface area is 125 Å². The molecule has 3 nitrogen and oxygen atoms in total. The number of nitrogens with zero attached hydrogens (tertiary/aromatic N) is 2. The Bertz CT molecular complexity index is 533. The molecule has 1 unspecified atom stereocenters. The zero-order chi connectivity index (χ0) is 14.5. The predicted octanol–water partition coefficient (Wildman–Crippen LogP) is 4.14. The van der Waals surface area contributed by atoms with Gasteiger partial charge in [0.1, 0.15) is 0 Å². The van der Waals surface area contributed by atoms with Crippen LogP contribution in [0.15, 0.2) is 29.6 Å². The van der Waals surface area contributed by atoms with Crippen molar-refractivity contribution >= 4 is 22.2 Å². The van der Waals surface area contributed by atoms with Gasteiger partial charge in [0.2, 0.25) is 0 Å². The molecule has 0 amide bonds. The maximum absolute atomic E-state index is 4.73. The van der Waals surface area contributed by atoms with E-state index >= 15 is 0 Å². The summed E-state index contributed by atoms with van der Waals surface area (Å²) in [7, 11) is 2.07. The molecule has 1 aromatic heterocycles. The molecule has 0 radical (unpaired) electrons. The van der Waals surface area contributed by atoms with Gasteiger partial charge in [0.25, 0.3) is 0 Å². The third kappa shape index (κ3) is 3.38. The first-order chi connectivity index (χ1) is 9.65. The van der Waals surface area contributed by atoms with E-state index in [1.54, 1.807) is 11.3 Å². The zero-order valence-electron chi connectivity index (χ0n) is 12.7. The largest absolute Gasteiger partial charge is 0.321 e. The van der Waals surface area contributed by atoms with Crippen molar-refractivity contribution in [2.45, 2.75) is 33.2 Å². The minimum absolute atomic E-state index is 0.306. The third-order valence-corrected chi connectivity index (χ3v) is 4.42. The summed E-state index contributed by atoms with van der Waals surface area (Å²) in [5.41, 5.74) is 3.66. The number of benzene rings is 1. The molecule has 2 aromatic rings. The molecule has 0 saturated heterocycles. The molecule has 0 saturated carbocycles. The lowest BCUT2D eigenvalue weighted by molar-refractivity contribution is 0.586.